The summed E-state index contributed by atoms with van der Waals surface area (Å²) in [6.07, 6.45) is 0.163. The molecule has 2 aliphatic rings. The van der Waals surface area contributed by atoms with E-state index in [9.17, 15) is 24.3 Å². The van der Waals surface area contributed by atoms with Gasteiger partial charge in [0.1, 0.15) is 29.8 Å². The van der Waals surface area contributed by atoms with E-state index >= 15 is 4.39 Å². The van der Waals surface area contributed by atoms with Crippen LogP contribution >= 0.6 is 0 Å². The van der Waals surface area contributed by atoms with Gasteiger partial charge in [-0.1, -0.05) is 0 Å². The molecule has 46 heavy (non-hydrogen) atoms. The Labute approximate surface area is 263 Å². The molecule has 0 radical (unpaired) electrons. The van der Waals surface area contributed by atoms with Gasteiger partial charge >= 0.3 is 18.3 Å². The number of halogens is 1. The van der Waals surface area contributed by atoms with Crippen LogP contribution < -0.4 is 20.3 Å². The Bertz CT molecular complexity index is 1730. The first kappa shape index (κ1) is 32.2. The Kier molecular flexibility index (Phi) is 8.60. The second kappa shape index (κ2) is 12.3. The van der Waals surface area contributed by atoms with Crippen LogP contribution in [0.25, 0.3) is 21.9 Å². The minimum absolute atomic E-state index is 0.00642. The van der Waals surface area contributed by atoms with Gasteiger partial charge in [0.2, 0.25) is 11.8 Å². The van der Waals surface area contributed by atoms with Crippen LogP contribution in [0.2, 0.25) is 0 Å². The third-order valence-electron chi connectivity index (χ3n) is 7.59. The molecule has 3 N–H and O–H groups in total. The van der Waals surface area contributed by atoms with Crippen molar-refractivity contribution in [2.75, 3.05) is 42.8 Å². The van der Waals surface area contributed by atoms with Crippen molar-refractivity contribution >= 4 is 52.2 Å². The molecule has 244 valence electrons. The molecule has 1 aliphatic carbocycles. The number of nitrogens with zero attached hydrogens (tertiary/aromatic N) is 4. The third kappa shape index (κ3) is 6.57. The van der Waals surface area contributed by atoms with Crippen LogP contribution in [-0.2, 0) is 14.3 Å². The summed E-state index contributed by atoms with van der Waals surface area (Å²) < 4.78 is 32.7. The van der Waals surface area contributed by atoms with Crippen LogP contribution in [0.15, 0.2) is 24.5 Å². The standard InChI is InChI=1S/C31H35FN6O8/c1-15-20(13-34-26-25(15)38(30(42)43)7-8-44-26)19-11-16-12-22(35-28(40)45-18-9-17(10-18)27(39)37(5)6)33-14-21(16)24(23(19)32)36-29(41)46-31(2,3)4/h11-14,17-18H,7-10H2,1-6H3,(H,36,41)(H,42,43)(H,33,35,40)/t17-,18+. The third-order valence-corrected chi connectivity index (χ3v) is 7.59. The van der Waals surface area contributed by atoms with E-state index in [0.717, 1.165) is 4.90 Å². The minimum atomic E-state index is -1.21. The van der Waals surface area contributed by atoms with Crippen molar-refractivity contribution in [2.24, 2.45) is 5.92 Å². The average molecular weight is 639 g/mol. The lowest BCUT2D eigenvalue weighted by atomic mass is 9.81. The number of ether oxygens (including phenoxy) is 3. The lowest BCUT2D eigenvalue weighted by Crippen LogP contribution is -2.43. The number of carbonyl (C=O) groups excluding carboxylic acids is 3. The lowest BCUT2D eigenvalue weighted by molar-refractivity contribution is -0.139. The Morgan fingerprint density at radius 2 is 1.78 bits per heavy atom. The molecule has 3 heterocycles. The van der Waals surface area contributed by atoms with Crippen molar-refractivity contribution in [1.29, 1.82) is 0 Å². The fourth-order valence-corrected chi connectivity index (χ4v) is 5.38. The summed E-state index contributed by atoms with van der Waals surface area (Å²) in [5.41, 5.74) is -0.298. The number of hydrogen-bond acceptors (Lipinski definition) is 9. The number of anilines is 3. The molecular formula is C31H35FN6O8. The van der Waals surface area contributed by atoms with E-state index in [1.54, 1.807) is 41.8 Å². The number of fused-ring (bicyclic) bond motifs is 2. The van der Waals surface area contributed by atoms with Crippen LogP contribution in [0.1, 0.15) is 39.2 Å². The summed E-state index contributed by atoms with van der Waals surface area (Å²) in [6.45, 7) is 6.79. The van der Waals surface area contributed by atoms with Gasteiger partial charge in [0, 0.05) is 48.9 Å². The van der Waals surface area contributed by atoms with Gasteiger partial charge < -0.3 is 24.2 Å². The summed E-state index contributed by atoms with van der Waals surface area (Å²) in [6, 6.07) is 2.96. The summed E-state index contributed by atoms with van der Waals surface area (Å²) in [5.74, 6) is -0.879. The summed E-state index contributed by atoms with van der Waals surface area (Å²) in [5, 5.41) is 15.4. The van der Waals surface area contributed by atoms with E-state index < -0.39 is 35.8 Å². The molecule has 2 aromatic heterocycles. The number of nitrogens with one attached hydrogen (secondary N) is 2. The van der Waals surface area contributed by atoms with Crippen LogP contribution in [0.5, 0.6) is 5.88 Å². The van der Waals surface area contributed by atoms with Crippen molar-refractivity contribution in [3.05, 3.63) is 35.9 Å². The number of hydrogen-bond donors (Lipinski definition) is 3. The zero-order chi connectivity index (χ0) is 33.5. The fourth-order valence-electron chi connectivity index (χ4n) is 5.38. The first-order chi connectivity index (χ1) is 21.6. The molecule has 0 atom stereocenters. The number of aromatic nitrogens is 2. The first-order valence-electron chi connectivity index (χ1n) is 14.6. The molecule has 4 amide bonds. The van der Waals surface area contributed by atoms with Crippen LogP contribution in [0, 0.1) is 18.7 Å². The van der Waals surface area contributed by atoms with Gasteiger partial charge in [-0.3, -0.25) is 20.3 Å². The normalized spacial score (nSPS) is 17.2. The highest BCUT2D eigenvalue weighted by atomic mass is 19.1. The van der Waals surface area contributed by atoms with Crippen LogP contribution in [0.3, 0.4) is 0 Å². The smallest absolute Gasteiger partial charge is 0.413 e. The SMILES string of the molecule is Cc1c(-c2cc3cc(NC(=O)O[C@H]4C[C@@H](C(=O)N(C)C)C4)ncc3c(NC(=O)OC(C)(C)C)c2F)cnc2c1N(C(=O)O)CCO2. The van der Waals surface area contributed by atoms with Gasteiger partial charge in [0.15, 0.2) is 5.82 Å². The number of amides is 4. The number of pyridine rings is 2. The monoisotopic (exact) mass is 638 g/mol. The van der Waals surface area contributed by atoms with E-state index in [-0.39, 0.29) is 64.6 Å². The molecule has 0 unspecified atom stereocenters. The summed E-state index contributed by atoms with van der Waals surface area (Å²) >= 11 is 0. The average Bonchev–Trinajstić information content (AvgIpc) is 2.94. The molecule has 1 aromatic carbocycles. The maximum Gasteiger partial charge on any atom is 0.413 e. The second-order valence-electron chi connectivity index (χ2n) is 12.3. The minimum Gasteiger partial charge on any atom is -0.474 e. The molecule has 0 bridgehead atoms. The summed E-state index contributed by atoms with van der Waals surface area (Å²) in [7, 11) is 3.34. The van der Waals surface area contributed by atoms with E-state index in [0.29, 0.717) is 23.8 Å². The molecule has 0 saturated heterocycles. The number of carboxylic acid groups (broad SMARTS) is 1. The van der Waals surface area contributed by atoms with Crippen molar-refractivity contribution in [2.45, 2.75) is 52.2 Å². The van der Waals surface area contributed by atoms with Crippen molar-refractivity contribution in [1.82, 2.24) is 14.9 Å². The Hall–Kier alpha value is -5.21. The highest BCUT2D eigenvalue weighted by Gasteiger charge is 2.38. The number of carbonyl (C=O) groups is 4. The zero-order valence-corrected chi connectivity index (χ0v) is 26.3. The van der Waals surface area contributed by atoms with Crippen molar-refractivity contribution < 1.29 is 42.9 Å². The van der Waals surface area contributed by atoms with Gasteiger partial charge in [-0.05, 0) is 63.6 Å². The van der Waals surface area contributed by atoms with Gasteiger partial charge in [0.05, 0.1) is 12.2 Å². The maximum absolute atomic E-state index is 16.4. The number of benzene rings is 1. The highest BCUT2D eigenvalue weighted by Crippen LogP contribution is 2.42. The predicted octanol–water partition coefficient (Wildman–Crippen LogP) is 5.38. The molecule has 3 aromatic rings. The highest BCUT2D eigenvalue weighted by molar-refractivity contribution is 6.05. The molecule has 0 spiro atoms. The molecule has 15 heteroatoms. The van der Waals surface area contributed by atoms with E-state index in [1.165, 1.54) is 29.4 Å². The lowest BCUT2D eigenvalue weighted by Gasteiger charge is -2.34. The van der Waals surface area contributed by atoms with Gasteiger partial charge in [0.25, 0.3) is 0 Å². The van der Waals surface area contributed by atoms with Gasteiger partial charge in [-0.2, -0.15) is 0 Å². The van der Waals surface area contributed by atoms with E-state index in [1.807, 2.05) is 0 Å². The Morgan fingerprint density at radius 1 is 1.07 bits per heavy atom. The maximum atomic E-state index is 16.4. The second-order valence-corrected chi connectivity index (χ2v) is 12.3. The zero-order valence-electron chi connectivity index (χ0n) is 26.3. The topological polar surface area (TPSA) is 173 Å². The molecular weight excluding hydrogens is 603 g/mol. The predicted molar refractivity (Wildman–Crippen MR) is 166 cm³/mol. The molecule has 14 nitrogen and oxygen atoms in total. The first-order valence-corrected chi connectivity index (χ1v) is 14.6. The van der Waals surface area contributed by atoms with E-state index in [4.69, 9.17) is 14.2 Å². The number of rotatable bonds is 5. The molecule has 1 aliphatic heterocycles. The van der Waals surface area contributed by atoms with Crippen molar-refractivity contribution in [3.63, 3.8) is 0 Å². The molecule has 1 fully saturated rings. The summed E-state index contributed by atoms with van der Waals surface area (Å²) in [4.78, 5) is 60.6. The largest absolute Gasteiger partial charge is 0.474 e. The van der Waals surface area contributed by atoms with Gasteiger partial charge in [-0.15, -0.1) is 0 Å². The Morgan fingerprint density at radius 3 is 2.43 bits per heavy atom. The van der Waals surface area contributed by atoms with Crippen molar-refractivity contribution in [3.8, 4) is 17.0 Å². The molecule has 1 saturated carbocycles. The van der Waals surface area contributed by atoms with Crippen LogP contribution in [-0.4, -0.2) is 83.1 Å². The van der Waals surface area contributed by atoms with E-state index in [2.05, 4.69) is 20.6 Å². The van der Waals surface area contributed by atoms with Gasteiger partial charge in [-0.25, -0.2) is 28.7 Å². The molecule has 5 rings (SSSR count). The fraction of sp³-hybridized carbons (Fsp3) is 0.419. The quantitative estimate of drug-likeness (QED) is 0.329. The Balaban J connectivity index is 1.51. The van der Waals surface area contributed by atoms with Crippen LogP contribution in [0.4, 0.5) is 36.0 Å².